The van der Waals surface area contributed by atoms with Gasteiger partial charge in [-0.05, 0) is 75.0 Å². The molecule has 0 N–H and O–H groups in total. The van der Waals surface area contributed by atoms with Crippen molar-refractivity contribution in [3.05, 3.63) is 23.9 Å². The molecule has 0 radical (unpaired) electrons. The third-order valence-electron chi connectivity index (χ3n) is 6.42. The number of hydrogen-bond acceptors (Lipinski definition) is 1. The van der Waals surface area contributed by atoms with E-state index in [-0.39, 0.29) is 0 Å². The maximum absolute atomic E-state index is 4.40. The van der Waals surface area contributed by atoms with Crippen LogP contribution in [-0.2, 0) is 0 Å². The van der Waals surface area contributed by atoms with E-state index >= 15 is 0 Å². The van der Waals surface area contributed by atoms with Gasteiger partial charge in [-0.25, -0.2) is 0 Å². The number of rotatable bonds is 7. The van der Waals surface area contributed by atoms with Gasteiger partial charge in [0.2, 0.25) is 0 Å². The molecule has 0 aliphatic heterocycles. The molecule has 0 heterocycles. The van der Waals surface area contributed by atoms with Crippen molar-refractivity contribution in [2.45, 2.75) is 65.7 Å². The molecule has 118 valence electrons. The second-order valence-corrected chi connectivity index (χ2v) is 8.14. The Balaban J connectivity index is 1.56. The lowest BCUT2D eigenvalue weighted by Gasteiger charge is -2.31. The highest BCUT2D eigenvalue weighted by Gasteiger charge is 2.54. The van der Waals surface area contributed by atoms with Crippen LogP contribution in [0.5, 0.6) is 0 Å². The molecule has 0 aromatic rings. The third kappa shape index (κ3) is 3.22. The summed E-state index contributed by atoms with van der Waals surface area (Å²) in [7, 11) is 0. The quantitative estimate of drug-likeness (QED) is 0.567. The van der Waals surface area contributed by atoms with Crippen molar-refractivity contribution < 1.29 is 0 Å². The monoisotopic (exact) mass is 287 g/mol. The molecule has 3 aliphatic rings. The van der Waals surface area contributed by atoms with E-state index in [0.717, 1.165) is 17.8 Å². The van der Waals surface area contributed by atoms with E-state index in [1.807, 2.05) is 0 Å². The summed E-state index contributed by atoms with van der Waals surface area (Å²) in [5, 5.41) is 0. The highest BCUT2D eigenvalue weighted by Crippen LogP contribution is 2.61. The highest BCUT2D eigenvalue weighted by molar-refractivity contribution is 5.14. The van der Waals surface area contributed by atoms with Gasteiger partial charge in [0.1, 0.15) is 0 Å². The van der Waals surface area contributed by atoms with E-state index in [2.05, 4.69) is 38.3 Å². The fourth-order valence-electron chi connectivity index (χ4n) is 4.37. The van der Waals surface area contributed by atoms with Gasteiger partial charge in [0.25, 0.3) is 0 Å². The topological polar surface area (TPSA) is 3.24 Å². The van der Waals surface area contributed by atoms with Crippen LogP contribution < -0.4 is 0 Å². The number of nitrogens with zero attached hydrogens (tertiary/aromatic N) is 1. The van der Waals surface area contributed by atoms with Gasteiger partial charge in [-0.2, -0.15) is 0 Å². The van der Waals surface area contributed by atoms with Crippen LogP contribution in [0.4, 0.5) is 0 Å². The molecule has 3 rings (SSSR count). The Morgan fingerprint density at radius 2 is 2.14 bits per heavy atom. The Morgan fingerprint density at radius 3 is 2.71 bits per heavy atom. The third-order valence-corrected chi connectivity index (χ3v) is 6.42. The van der Waals surface area contributed by atoms with E-state index in [9.17, 15) is 0 Å². The average molecular weight is 287 g/mol. The van der Waals surface area contributed by atoms with E-state index < -0.39 is 0 Å². The van der Waals surface area contributed by atoms with Crippen molar-refractivity contribution in [2.75, 3.05) is 13.1 Å². The smallest absolute Gasteiger partial charge is 0.0208 e. The maximum Gasteiger partial charge on any atom is 0.0208 e. The zero-order chi connectivity index (χ0) is 15.0. The second kappa shape index (κ2) is 5.82. The minimum atomic E-state index is 0.618. The minimum Gasteiger partial charge on any atom is -0.375 e. The van der Waals surface area contributed by atoms with Crippen molar-refractivity contribution in [1.82, 2.24) is 4.90 Å². The summed E-state index contributed by atoms with van der Waals surface area (Å²) < 4.78 is 0. The molecule has 21 heavy (non-hydrogen) atoms. The highest BCUT2D eigenvalue weighted by atomic mass is 15.1. The second-order valence-electron chi connectivity index (χ2n) is 8.14. The molecular weight excluding hydrogens is 254 g/mol. The van der Waals surface area contributed by atoms with Gasteiger partial charge in [-0.15, -0.1) is 0 Å². The largest absolute Gasteiger partial charge is 0.375 e. The lowest BCUT2D eigenvalue weighted by Crippen LogP contribution is -2.29. The zero-order valence-corrected chi connectivity index (χ0v) is 14.3. The molecule has 2 saturated carbocycles. The van der Waals surface area contributed by atoms with Gasteiger partial charge in [0.15, 0.2) is 0 Å². The van der Waals surface area contributed by atoms with E-state index in [4.69, 9.17) is 0 Å². The van der Waals surface area contributed by atoms with Gasteiger partial charge >= 0.3 is 0 Å². The predicted molar refractivity (Wildman–Crippen MR) is 91.0 cm³/mol. The van der Waals surface area contributed by atoms with Crippen LogP contribution >= 0.6 is 0 Å². The van der Waals surface area contributed by atoms with Crippen LogP contribution in [-0.4, -0.2) is 18.0 Å². The van der Waals surface area contributed by atoms with Crippen molar-refractivity contribution in [3.8, 4) is 0 Å². The Kier molecular flexibility index (Phi) is 4.21. The Bertz CT molecular complexity index is 431. The maximum atomic E-state index is 4.40. The fourth-order valence-corrected chi connectivity index (χ4v) is 4.37. The first-order chi connectivity index (χ1) is 10.0. The van der Waals surface area contributed by atoms with E-state index in [0.29, 0.717) is 5.41 Å². The number of hydrogen-bond donors (Lipinski definition) is 0. The van der Waals surface area contributed by atoms with Crippen molar-refractivity contribution in [1.29, 1.82) is 0 Å². The average Bonchev–Trinajstić information content (AvgIpc) is 3.36. The van der Waals surface area contributed by atoms with Crippen LogP contribution in [0.2, 0.25) is 0 Å². The molecule has 0 aromatic carbocycles. The van der Waals surface area contributed by atoms with Crippen molar-refractivity contribution >= 4 is 0 Å². The molecule has 2 fully saturated rings. The standard InChI is InChI=1S/C20H33N/c1-5-12-21(16(3)17-8-9-17)14-19-13-20(19,4)18-10-6-15(2)7-11-18/h6,17-19H,3,5,7-14H2,1-2,4H3. The molecule has 1 heteroatoms. The summed E-state index contributed by atoms with van der Waals surface area (Å²) in [4.78, 5) is 2.64. The first kappa shape index (κ1) is 15.2. The SMILES string of the molecule is C=C(C1CC1)N(CCC)CC1CC1(C)C1CC=C(C)CC1. The molecule has 0 bridgehead atoms. The first-order valence-corrected chi connectivity index (χ1v) is 9.14. The normalized spacial score (nSPS) is 35.3. The van der Waals surface area contributed by atoms with Crippen LogP contribution in [0.3, 0.4) is 0 Å². The Labute approximate surface area is 131 Å². The molecule has 0 saturated heterocycles. The summed E-state index contributed by atoms with van der Waals surface area (Å²) >= 11 is 0. The van der Waals surface area contributed by atoms with Crippen LogP contribution in [0.25, 0.3) is 0 Å². The minimum absolute atomic E-state index is 0.618. The van der Waals surface area contributed by atoms with E-state index in [1.54, 1.807) is 5.57 Å². The van der Waals surface area contributed by atoms with Crippen molar-refractivity contribution in [3.63, 3.8) is 0 Å². The Morgan fingerprint density at radius 1 is 1.38 bits per heavy atom. The summed E-state index contributed by atoms with van der Waals surface area (Å²) in [5.74, 6) is 2.67. The fraction of sp³-hybridized carbons (Fsp3) is 0.800. The van der Waals surface area contributed by atoms with Crippen molar-refractivity contribution in [2.24, 2.45) is 23.2 Å². The summed E-state index contributed by atoms with van der Waals surface area (Å²) in [6, 6.07) is 0. The molecular formula is C20H33N. The zero-order valence-electron chi connectivity index (χ0n) is 14.3. The van der Waals surface area contributed by atoms with E-state index in [1.165, 1.54) is 63.7 Å². The molecule has 3 unspecified atom stereocenters. The summed E-state index contributed by atoms with van der Waals surface area (Å²) in [6.45, 7) is 14.0. The molecule has 0 spiro atoms. The van der Waals surface area contributed by atoms with Gasteiger partial charge in [0, 0.05) is 18.8 Å². The van der Waals surface area contributed by atoms with Gasteiger partial charge in [0.05, 0.1) is 0 Å². The molecule has 3 aliphatic carbocycles. The van der Waals surface area contributed by atoms with Crippen LogP contribution in [0, 0.1) is 23.2 Å². The van der Waals surface area contributed by atoms with Crippen LogP contribution in [0.1, 0.15) is 65.7 Å². The first-order valence-electron chi connectivity index (χ1n) is 9.14. The summed E-state index contributed by atoms with van der Waals surface area (Å²) in [5.41, 5.74) is 3.68. The Hall–Kier alpha value is -0.720. The predicted octanol–water partition coefficient (Wildman–Crippen LogP) is 5.39. The van der Waals surface area contributed by atoms with Gasteiger partial charge < -0.3 is 4.90 Å². The van der Waals surface area contributed by atoms with Gasteiger partial charge in [-0.1, -0.05) is 32.1 Å². The van der Waals surface area contributed by atoms with Gasteiger partial charge in [-0.3, -0.25) is 0 Å². The summed E-state index contributed by atoms with van der Waals surface area (Å²) in [6.07, 6.45) is 12.1. The lowest BCUT2D eigenvalue weighted by molar-refractivity contribution is 0.240. The number of allylic oxidation sites excluding steroid dienone is 3. The molecule has 0 amide bonds. The van der Waals surface area contributed by atoms with Crippen LogP contribution in [0.15, 0.2) is 23.9 Å². The molecule has 3 atom stereocenters. The molecule has 1 nitrogen and oxygen atoms in total. The molecule has 0 aromatic heterocycles. The lowest BCUT2D eigenvalue weighted by atomic mass is 9.78.